The minimum absolute atomic E-state index is 0.177. The summed E-state index contributed by atoms with van der Waals surface area (Å²) < 4.78 is 21.2. The Balaban J connectivity index is 1.96. The van der Waals surface area contributed by atoms with E-state index in [-0.39, 0.29) is 6.79 Å². The number of fused-ring (bicyclic) bond motifs is 1. The average Bonchev–Trinajstić information content (AvgIpc) is 2.84. The largest absolute Gasteiger partial charge is 0.490 e. The highest BCUT2D eigenvalue weighted by molar-refractivity contribution is 5.81. The predicted octanol–water partition coefficient (Wildman–Crippen LogP) is 2.03. The topological polar surface area (TPSA) is 54.0 Å². The van der Waals surface area contributed by atoms with E-state index in [2.05, 4.69) is 0 Å². The fraction of sp³-hybridized carbons (Fsp3) is 0.462. The molecule has 1 aliphatic heterocycles. The number of hydrogen-bond donors (Lipinski definition) is 0. The molecule has 5 heteroatoms. The summed E-state index contributed by atoms with van der Waals surface area (Å²) in [6.07, 6.45) is 1.72. The van der Waals surface area contributed by atoms with Crippen LogP contribution in [-0.4, -0.2) is 32.9 Å². The van der Waals surface area contributed by atoms with Crippen LogP contribution in [0.3, 0.4) is 0 Å². The van der Waals surface area contributed by atoms with E-state index in [1.165, 1.54) is 0 Å². The van der Waals surface area contributed by atoms with Crippen molar-refractivity contribution < 1.29 is 23.7 Å². The molecular weight excluding hydrogens is 236 g/mol. The Morgan fingerprint density at radius 3 is 2.72 bits per heavy atom. The van der Waals surface area contributed by atoms with E-state index in [4.69, 9.17) is 18.9 Å². The molecule has 0 radical (unpaired) electrons. The van der Waals surface area contributed by atoms with Crippen LogP contribution in [-0.2, 0) is 4.74 Å². The van der Waals surface area contributed by atoms with E-state index in [1.54, 1.807) is 12.1 Å². The van der Waals surface area contributed by atoms with Crippen molar-refractivity contribution in [2.24, 2.45) is 0 Å². The number of carbonyl (C=O) groups excluding carboxylic acids is 1. The highest BCUT2D eigenvalue weighted by atomic mass is 16.7. The molecule has 0 saturated heterocycles. The fourth-order valence-electron chi connectivity index (χ4n) is 1.61. The number of carbonyl (C=O) groups is 1. The molecule has 0 atom stereocenters. The number of benzene rings is 1. The zero-order chi connectivity index (χ0) is 12.8. The summed E-state index contributed by atoms with van der Waals surface area (Å²) in [5.41, 5.74) is 0.453. The van der Waals surface area contributed by atoms with Gasteiger partial charge in [-0.2, -0.15) is 0 Å². The maximum atomic E-state index is 11.0. The van der Waals surface area contributed by atoms with Crippen LogP contribution in [0.2, 0.25) is 0 Å². The van der Waals surface area contributed by atoms with Crippen LogP contribution >= 0.6 is 0 Å². The molecule has 98 valence electrons. The molecule has 0 fully saturated rings. The van der Waals surface area contributed by atoms with Gasteiger partial charge in [0.25, 0.3) is 0 Å². The van der Waals surface area contributed by atoms with Gasteiger partial charge in [0.15, 0.2) is 17.8 Å². The smallest absolute Gasteiger partial charge is 0.231 e. The summed E-state index contributed by atoms with van der Waals surface area (Å²) in [5.74, 6) is 1.67. The van der Waals surface area contributed by atoms with E-state index in [0.717, 1.165) is 12.7 Å². The van der Waals surface area contributed by atoms with E-state index >= 15 is 0 Å². The summed E-state index contributed by atoms with van der Waals surface area (Å²) in [5, 5.41) is 0. The Morgan fingerprint density at radius 1 is 1.22 bits per heavy atom. The maximum Gasteiger partial charge on any atom is 0.231 e. The van der Waals surface area contributed by atoms with Crippen LogP contribution < -0.4 is 14.2 Å². The van der Waals surface area contributed by atoms with Crippen molar-refractivity contribution >= 4 is 6.29 Å². The molecule has 1 aromatic carbocycles. The third-order valence-electron chi connectivity index (χ3n) is 2.47. The number of rotatable bonds is 7. The number of aldehydes is 1. The molecular formula is C13H16O5. The molecule has 1 heterocycles. The lowest BCUT2D eigenvalue weighted by molar-refractivity contribution is 0.0991. The van der Waals surface area contributed by atoms with Crippen molar-refractivity contribution in [1.82, 2.24) is 0 Å². The predicted molar refractivity (Wildman–Crippen MR) is 64.6 cm³/mol. The molecule has 0 bridgehead atoms. The first-order valence-electron chi connectivity index (χ1n) is 5.94. The Morgan fingerprint density at radius 2 is 2.00 bits per heavy atom. The highest BCUT2D eigenvalue weighted by Crippen LogP contribution is 2.37. The summed E-state index contributed by atoms with van der Waals surface area (Å²) >= 11 is 0. The minimum atomic E-state index is 0.177. The quantitative estimate of drug-likeness (QED) is 0.549. The van der Waals surface area contributed by atoms with Gasteiger partial charge < -0.3 is 18.9 Å². The third kappa shape index (κ3) is 2.92. The van der Waals surface area contributed by atoms with Gasteiger partial charge in [-0.05, 0) is 12.5 Å². The molecule has 1 aromatic rings. The number of hydrogen-bond acceptors (Lipinski definition) is 5. The van der Waals surface area contributed by atoms with Gasteiger partial charge >= 0.3 is 0 Å². The van der Waals surface area contributed by atoms with Gasteiger partial charge in [0.2, 0.25) is 6.79 Å². The molecule has 0 amide bonds. The average molecular weight is 252 g/mol. The second kappa shape index (κ2) is 6.26. The van der Waals surface area contributed by atoms with Crippen molar-refractivity contribution in [3.05, 3.63) is 17.7 Å². The van der Waals surface area contributed by atoms with Gasteiger partial charge in [0.1, 0.15) is 12.4 Å². The standard InChI is InChI=1S/C13H16O5/c1-2-3-15-4-5-16-11-7-13-12(17-9-18-13)6-10(11)8-14/h6-8H,2-5,9H2,1H3. The van der Waals surface area contributed by atoms with Crippen molar-refractivity contribution in [3.8, 4) is 17.2 Å². The normalized spacial score (nSPS) is 12.5. The summed E-state index contributed by atoms with van der Waals surface area (Å²) in [6, 6.07) is 3.30. The molecule has 5 nitrogen and oxygen atoms in total. The number of ether oxygens (including phenoxy) is 4. The van der Waals surface area contributed by atoms with E-state index in [9.17, 15) is 4.79 Å². The summed E-state index contributed by atoms with van der Waals surface area (Å²) in [4.78, 5) is 11.0. The summed E-state index contributed by atoms with van der Waals surface area (Å²) in [7, 11) is 0. The molecule has 2 rings (SSSR count). The van der Waals surface area contributed by atoms with E-state index in [1.807, 2.05) is 6.92 Å². The van der Waals surface area contributed by atoms with Crippen LogP contribution in [0, 0.1) is 0 Å². The molecule has 0 saturated carbocycles. The first-order chi connectivity index (χ1) is 8.85. The van der Waals surface area contributed by atoms with Crippen molar-refractivity contribution in [3.63, 3.8) is 0 Å². The summed E-state index contributed by atoms with van der Waals surface area (Å²) in [6.45, 7) is 3.84. The monoisotopic (exact) mass is 252 g/mol. The Kier molecular flexibility index (Phi) is 4.41. The second-order valence-corrected chi connectivity index (χ2v) is 3.82. The molecule has 18 heavy (non-hydrogen) atoms. The second-order valence-electron chi connectivity index (χ2n) is 3.82. The lowest BCUT2D eigenvalue weighted by Crippen LogP contribution is -2.08. The van der Waals surface area contributed by atoms with Crippen LogP contribution in [0.1, 0.15) is 23.7 Å². The minimum Gasteiger partial charge on any atom is -0.490 e. The molecule has 0 aromatic heterocycles. The lowest BCUT2D eigenvalue weighted by Gasteiger charge is -2.09. The molecule has 0 aliphatic carbocycles. The van der Waals surface area contributed by atoms with Crippen LogP contribution in [0.4, 0.5) is 0 Å². The van der Waals surface area contributed by atoms with Crippen LogP contribution in [0.25, 0.3) is 0 Å². The van der Waals surface area contributed by atoms with E-state index in [0.29, 0.717) is 42.6 Å². The Labute approximate surface area is 106 Å². The molecule has 0 spiro atoms. The fourth-order valence-corrected chi connectivity index (χ4v) is 1.61. The van der Waals surface area contributed by atoms with Gasteiger partial charge in [0, 0.05) is 12.7 Å². The first kappa shape index (κ1) is 12.7. The molecule has 0 unspecified atom stereocenters. The van der Waals surface area contributed by atoms with Gasteiger partial charge in [-0.15, -0.1) is 0 Å². The van der Waals surface area contributed by atoms with Crippen LogP contribution in [0.15, 0.2) is 12.1 Å². The van der Waals surface area contributed by atoms with Gasteiger partial charge in [-0.1, -0.05) is 6.92 Å². The van der Waals surface area contributed by atoms with Gasteiger partial charge in [-0.3, -0.25) is 4.79 Å². The zero-order valence-electron chi connectivity index (χ0n) is 10.3. The molecule has 1 aliphatic rings. The third-order valence-corrected chi connectivity index (χ3v) is 2.47. The van der Waals surface area contributed by atoms with E-state index < -0.39 is 0 Å². The Bertz CT molecular complexity index is 416. The molecule has 0 N–H and O–H groups in total. The van der Waals surface area contributed by atoms with Crippen LogP contribution in [0.5, 0.6) is 17.2 Å². The first-order valence-corrected chi connectivity index (χ1v) is 5.94. The van der Waals surface area contributed by atoms with Crippen molar-refractivity contribution in [2.45, 2.75) is 13.3 Å². The zero-order valence-corrected chi connectivity index (χ0v) is 10.3. The highest BCUT2D eigenvalue weighted by Gasteiger charge is 2.17. The van der Waals surface area contributed by atoms with Crippen molar-refractivity contribution in [1.29, 1.82) is 0 Å². The van der Waals surface area contributed by atoms with Gasteiger partial charge in [-0.25, -0.2) is 0 Å². The Hall–Kier alpha value is -1.75. The SMILES string of the molecule is CCCOCCOc1cc2c(cc1C=O)OCO2. The maximum absolute atomic E-state index is 11.0. The van der Waals surface area contributed by atoms with Crippen molar-refractivity contribution in [2.75, 3.05) is 26.6 Å². The van der Waals surface area contributed by atoms with Gasteiger partial charge in [0.05, 0.1) is 12.2 Å². The lowest BCUT2D eigenvalue weighted by atomic mass is 10.2.